The molecule has 7 heteroatoms. The van der Waals surface area contributed by atoms with Gasteiger partial charge in [-0.3, -0.25) is 4.90 Å². The van der Waals surface area contributed by atoms with Crippen molar-refractivity contribution in [1.82, 2.24) is 15.0 Å². The van der Waals surface area contributed by atoms with E-state index in [-0.39, 0.29) is 0 Å². The van der Waals surface area contributed by atoms with Gasteiger partial charge in [0.15, 0.2) is 5.76 Å². The Balaban J connectivity index is 1.47. The van der Waals surface area contributed by atoms with Crippen LogP contribution in [0.3, 0.4) is 0 Å². The van der Waals surface area contributed by atoms with Crippen LogP contribution in [0.2, 0.25) is 5.02 Å². The molecule has 0 amide bonds. The van der Waals surface area contributed by atoms with E-state index in [9.17, 15) is 0 Å². The predicted octanol–water partition coefficient (Wildman–Crippen LogP) is 3.49. The smallest absolute Gasteiger partial charge is 0.241 e. The number of hydrogen-bond acceptors (Lipinski definition) is 6. The Bertz CT molecular complexity index is 743. The number of likely N-dealkylation sites (N-methyl/N-ethyl adjacent to an activating group) is 1. The molecule has 0 saturated carbocycles. The van der Waals surface area contributed by atoms with Gasteiger partial charge in [0.05, 0.1) is 12.8 Å². The SMILES string of the molecule is CN(CCOc1cccc(Cl)c1)Cc1nc(-c2ccco2)no1. The van der Waals surface area contributed by atoms with E-state index in [0.29, 0.717) is 42.2 Å². The van der Waals surface area contributed by atoms with Crippen LogP contribution in [-0.4, -0.2) is 35.2 Å². The molecule has 2 aromatic heterocycles. The second kappa shape index (κ2) is 7.30. The van der Waals surface area contributed by atoms with Crippen molar-refractivity contribution in [2.75, 3.05) is 20.2 Å². The molecule has 0 unspecified atom stereocenters. The number of ether oxygens (including phenoxy) is 1. The summed E-state index contributed by atoms with van der Waals surface area (Å²) in [5, 5.41) is 4.56. The van der Waals surface area contributed by atoms with Crippen molar-refractivity contribution in [3.8, 4) is 17.3 Å². The van der Waals surface area contributed by atoms with Crippen molar-refractivity contribution in [2.24, 2.45) is 0 Å². The van der Waals surface area contributed by atoms with E-state index in [2.05, 4.69) is 10.1 Å². The van der Waals surface area contributed by atoms with Gasteiger partial charge in [0.2, 0.25) is 11.7 Å². The van der Waals surface area contributed by atoms with Crippen LogP contribution >= 0.6 is 11.6 Å². The molecule has 0 N–H and O–H groups in total. The Kier molecular flexibility index (Phi) is 4.95. The van der Waals surface area contributed by atoms with E-state index in [1.54, 1.807) is 24.5 Å². The topological polar surface area (TPSA) is 64.5 Å². The van der Waals surface area contributed by atoms with Gasteiger partial charge in [-0.1, -0.05) is 22.8 Å². The fourth-order valence-electron chi connectivity index (χ4n) is 2.01. The van der Waals surface area contributed by atoms with Crippen LogP contribution in [0.4, 0.5) is 0 Å². The Morgan fingerprint density at radius 2 is 2.17 bits per heavy atom. The molecule has 0 aliphatic rings. The summed E-state index contributed by atoms with van der Waals surface area (Å²) in [4.78, 5) is 6.33. The van der Waals surface area contributed by atoms with Gasteiger partial charge in [-0.05, 0) is 37.4 Å². The maximum atomic E-state index is 5.91. The Morgan fingerprint density at radius 1 is 1.26 bits per heavy atom. The molecule has 0 fully saturated rings. The summed E-state index contributed by atoms with van der Waals surface area (Å²) in [5.74, 6) is 2.32. The second-order valence-electron chi connectivity index (χ2n) is 5.03. The molecule has 3 rings (SSSR count). The van der Waals surface area contributed by atoms with Gasteiger partial charge in [-0.15, -0.1) is 0 Å². The van der Waals surface area contributed by atoms with Gasteiger partial charge in [0, 0.05) is 11.6 Å². The highest BCUT2D eigenvalue weighted by Gasteiger charge is 2.12. The zero-order valence-electron chi connectivity index (χ0n) is 12.6. The van der Waals surface area contributed by atoms with E-state index in [4.69, 9.17) is 25.3 Å². The largest absolute Gasteiger partial charge is 0.492 e. The minimum absolute atomic E-state index is 0.452. The second-order valence-corrected chi connectivity index (χ2v) is 5.47. The standard InChI is InChI=1S/C16H16ClN3O3/c1-20(7-9-21-13-5-2-4-12(17)10-13)11-15-18-16(19-23-15)14-6-3-8-22-14/h2-6,8,10H,7,9,11H2,1H3. The highest BCUT2D eigenvalue weighted by Crippen LogP contribution is 2.17. The van der Waals surface area contributed by atoms with E-state index in [0.717, 1.165) is 5.75 Å². The lowest BCUT2D eigenvalue weighted by molar-refractivity contribution is 0.213. The third-order valence-electron chi connectivity index (χ3n) is 3.15. The molecular formula is C16H16ClN3O3. The number of furan rings is 1. The van der Waals surface area contributed by atoms with Crippen molar-refractivity contribution in [3.63, 3.8) is 0 Å². The molecule has 0 atom stereocenters. The van der Waals surface area contributed by atoms with E-state index in [1.807, 2.05) is 30.1 Å². The molecule has 0 aliphatic heterocycles. The molecule has 23 heavy (non-hydrogen) atoms. The molecule has 0 aliphatic carbocycles. The van der Waals surface area contributed by atoms with Gasteiger partial charge >= 0.3 is 0 Å². The normalized spacial score (nSPS) is 11.1. The van der Waals surface area contributed by atoms with Crippen LogP contribution in [-0.2, 0) is 6.54 Å². The first-order valence-corrected chi connectivity index (χ1v) is 7.52. The van der Waals surface area contributed by atoms with E-state index in [1.165, 1.54) is 0 Å². The minimum Gasteiger partial charge on any atom is -0.492 e. The number of halogens is 1. The first-order chi connectivity index (χ1) is 11.2. The summed E-state index contributed by atoms with van der Waals surface area (Å²) in [6.07, 6.45) is 1.57. The van der Waals surface area contributed by atoms with Crippen molar-refractivity contribution >= 4 is 11.6 Å². The number of benzene rings is 1. The lowest BCUT2D eigenvalue weighted by atomic mass is 10.3. The number of hydrogen-bond donors (Lipinski definition) is 0. The van der Waals surface area contributed by atoms with Gasteiger partial charge in [0.25, 0.3) is 0 Å². The highest BCUT2D eigenvalue weighted by atomic mass is 35.5. The quantitative estimate of drug-likeness (QED) is 0.659. The third kappa shape index (κ3) is 4.34. The summed E-state index contributed by atoms with van der Waals surface area (Å²) < 4.78 is 16.1. The molecule has 2 heterocycles. The van der Waals surface area contributed by atoms with Crippen molar-refractivity contribution in [2.45, 2.75) is 6.54 Å². The number of rotatable bonds is 7. The molecule has 3 aromatic rings. The van der Waals surface area contributed by atoms with Gasteiger partial charge in [0.1, 0.15) is 12.4 Å². The molecule has 120 valence electrons. The lowest BCUT2D eigenvalue weighted by Gasteiger charge is -2.14. The fourth-order valence-corrected chi connectivity index (χ4v) is 2.19. The average Bonchev–Trinajstić information content (AvgIpc) is 3.18. The van der Waals surface area contributed by atoms with Crippen LogP contribution in [0.1, 0.15) is 5.89 Å². The summed E-state index contributed by atoms with van der Waals surface area (Å²) in [6.45, 7) is 1.79. The Morgan fingerprint density at radius 3 is 2.96 bits per heavy atom. The van der Waals surface area contributed by atoms with E-state index < -0.39 is 0 Å². The number of nitrogens with zero attached hydrogens (tertiary/aromatic N) is 3. The predicted molar refractivity (Wildman–Crippen MR) is 85.3 cm³/mol. The molecule has 1 aromatic carbocycles. The van der Waals surface area contributed by atoms with Crippen LogP contribution in [0.25, 0.3) is 11.6 Å². The molecule has 6 nitrogen and oxygen atoms in total. The lowest BCUT2D eigenvalue weighted by Crippen LogP contribution is -2.24. The van der Waals surface area contributed by atoms with Gasteiger partial charge in [-0.25, -0.2) is 0 Å². The fraction of sp³-hybridized carbons (Fsp3) is 0.250. The third-order valence-corrected chi connectivity index (χ3v) is 3.39. The van der Waals surface area contributed by atoms with E-state index >= 15 is 0 Å². The maximum absolute atomic E-state index is 5.91. The number of aromatic nitrogens is 2. The van der Waals surface area contributed by atoms with Gasteiger partial charge < -0.3 is 13.7 Å². The van der Waals surface area contributed by atoms with Gasteiger partial charge in [-0.2, -0.15) is 4.98 Å². The molecule has 0 bridgehead atoms. The summed E-state index contributed by atoms with van der Waals surface area (Å²) in [7, 11) is 1.96. The Labute approximate surface area is 138 Å². The molecule has 0 spiro atoms. The zero-order valence-corrected chi connectivity index (χ0v) is 13.4. The van der Waals surface area contributed by atoms with Crippen LogP contribution in [0.15, 0.2) is 51.6 Å². The monoisotopic (exact) mass is 333 g/mol. The van der Waals surface area contributed by atoms with Crippen LogP contribution < -0.4 is 4.74 Å². The Hall–Kier alpha value is -2.31. The summed E-state index contributed by atoms with van der Waals surface area (Å²) in [6, 6.07) is 10.9. The molecule has 0 saturated heterocycles. The van der Waals surface area contributed by atoms with Crippen molar-refractivity contribution in [3.05, 3.63) is 53.6 Å². The molecular weight excluding hydrogens is 318 g/mol. The first kappa shape index (κ1) is 15.6. The van der Waals surface area contributed by atoms with Crippen molar-refractivity contribution < 1.29 is 13.7 Å². The minimum atomic E-state index is 0.452. The zero-order chi connectivity index (χ0) is 16.1. The first-order valence-electron chi connectivity index (χ1n) is 7.14. The average molecular weight is 334 g/mol. The van der Waals surface area contributed by atoms with Crippen molar-refractivity contribution in [1.29, 1.82) is 0 Å². The molecule has 0 radical (unpaired) electrons. The van der Waals surface area contributed by atoms with Crippen LogP contribution in [0.5, 0.6) is 5.75 Å². The van der Waals surface area contributed by atoms with Crippen LogP contribution in [0, 0.1) is 0 Å². The summed E-state index contributed by atoms with van der Waals surface area (Å²) in [5.41, 5.74) is 0. The highest BCUT2D eigenvalue weighted by molar-refractivity contribution is 6.30. The summed E-state index contributed by atoms with van der Waals surface area (Å²) >= 11 is 5.91. The maximum Gasteiger partial charge on any atom is 0.241 e.